The van der Waals surface area contributed by atoms with Gasteiger partial charge < -0.3 is 4.57 Å². The maximum atomic E-state index is 4.76. The van der Waals surface area contributed by atoms with Gasteiger partial charge in [0.05, 0.1) is 11.4 Å². The number of para-hydroxylation sites is 1. The molecule has 0 spiro atoms. The van der Waals surface area contributed by atoms with E-state index >= 15 is 0 Å². The van der Waals surface area contributed by atoms with E-state index in [9.17, 15) is 0 Å². The van der Waals surface area contributed by atoms with E-state index in [0.29, 0.717) is 5.92 Å². The number of nitrogens with zero attached hydrogens (tertiary/aromatic N) is 3. The molecule has 30 heavy (non-hydrogen) atoms. The number of aryl methyl sites for hydroxylation is 1. The van der Waals surface area contributed by atoms with Gasteiger partial charge >= 0.3 is 0 Å². The number of hydrogen-bond donors (Lipinski definition) is 0. The van der Waals surface area contributed by atoms with E-state index in [0.717, 1.165) is 34.8 Å². The zero-order valence-electron chi connectivity index (χ0n) is 17.6. The Labute approximate surface area is 177 Å². The second kappa shape index (κ2) is 7.42. The maximum absolute atomic E-state index is 4.76. The molecule has 0 bridgehead atoms. The van der Waals surface area contributed by atoms with Gasteiger partial charge in [0, 0.05) is 51.4 Å². The van der Waals surface area contributed by atoms with Gasteiger partial charge in [0.2, 0.25) is 0 Å². The predicted octanol–water partition coefficient (Wildman–Crippen LogP) is 6.88. The third-order valence-corrected chi connectivity index (χ3v) is 5.56. The summed E-state index contributed by atoms with van der Waals surface area (Å²) in [6.07, 6.45) is 1.92. The van der Waals surface area contributed by atoms with Crippen LogP contribution in [-0.4, -0.2) is 14.5 Å². The molecule has 5 aromatic rings. The van der Waals surface area contributed by atoms with E-state index in [1.807, 2.05) is 31.3 Å². The van der Waals surface area contributed by atoms with E-state index in [1.165, 1.54) is 21.8 Å². The standard InChI is InChI=1S/C27H25N3/c1-18(2)17-30-26-10-5-4-8-22(26)23-13-11-20(15-27(23)30)24-14-12-21(16-28-24)25-9-6-7-19(3)29-25/h4-16,18H,17H2,1-3H3. The monoisotopic (exact) mass is 391 g/mol. The van der Waals surface area contributed by atoms with Crippen molar-refractivity contribution in [3.05, 3.63) is 84.7 Å². The minimum absolute atomic E-state index is 0.576. The van der Waals surface area contributed by atoms with Crippen LogP contribution < -0.4 is 0 Å². The first-order valence-electron chi connectivity index (χ1n) is 10.5. The molecule has 0 unspecified atom stereocenters. The molecule has 0 N–H and O–H groups in total. The fourth-order valence-electron chi connectivity index (χ4n) is 4.19. The van der Waals surface area contributed by atoms with Gasteiger partial charge in [0.25, 0.3) is 0 Å². The van der Waals surface area contributed by atoms with Crippen LogP contribution in [0.15, 0.2) is 79.0 Å². The molecule has 5 rings (SSSR count). The Kier molecular flexibility index (Phi) is 4.59. The zero-order chi connectivity index (χ0) is 20.7. The van der Waals surface area contributed by atoms with Crippen molar-refractivity contribution in [1.29, 1.82) is 0 Å². The summed E-state index contributed by atoms with van der Waals surface area (Å²) in [5.74, 6) is 0.576. The Morgan fingerprint density at radius 2 is 1.57 bits per heavy atom. The molecule has 3 aromatic heterocycles. The summed E-state index contributed by atoms with van der Waals surface area (Å²) >= 11 is 0. The quantitative estimate of drug-likeness (QED) is 0.334. The largest absolute Gasteiger partial charge is 0.340 e. The molecule has 0 aliphatic heterocycles. The van der Waals surface area contributed by atoms with E-state index in [-0.39, 0.29) is 0 Å². The minimum atomic E-state index is 0.576. The molecule has 3 heteroatoms. The lowest BCUT2D eigenvalue weighted by atomic mass is 10.1. The molecule has 0 aliphatic rings. The number of hydrogen-bond acceptors (Lipinski definition) is 2. The van der Waals surface area contributed by atoms with Crippen molar-refractivity contribution in [3.8, 4) is 22.5 Å². The van der Waals surface area contributed by atoms with Gasteiger partial charge in [-0.2, -0.15) is 0 Å². The zero-order valence-corrected chi connectivity index (χ0v) is 17.6. The Balaban J connectivity index is 1.60. The number of pyridine rings is 2. The molecule has 2 aromatic carbocycles. The summed E-state index contributed by atoms with van der Waals surface area (Å²) in [4.78, 5) is 9.36. The van der Waals surface area contributed by atoms with Crippen molar-refractivity contribution in [2.45, 2.75) is 27.3 Å². The molecule has 0 saturated carbocycles. The number of rotatable bonds is 4. The van der Waals surface area contributed by atoms with Crippen molar-refractivity contribution in [2.75, 3.05) is 0 Å². The topological polar surface area (TPSA) is 30.7 Å². The SMILES string of the molecule is Cc1cccc(-c2ccc(-c3ccc4c5ccccc5n(CC(C)C)c4c3)nc2)n1. The van der Waals surface area contributed by atoms with Crippen LogP contribution in [0, 0.1) is 12.8 Å². The van der Waals surface area contributed by atoms with Crippen LogP contribution >= 0.6 is 0 Å². The molecule has 148 valence electrons. The first-order chi connectivity index (χ1) is 14.6. The van der Waals surface area contributed by atoms with Gasteiger partial charge in [-0.3, -0.25) is 9.97 Å². The average Bonchev–Trinajstić information content (AvgIpc) is 3.07. The van der Waals surface area contributed by atoms with Crippen LogP contribution in [0.3, 0.4) is 0 Å². The molecular formula is C27H25N3. The predicted molar refractivity (Wildman–Crippen MR) is 125 cm³/mol. The highest BCUT2D eigenvalue weighted by molar-refractivity contribution is 6.09. The van der Waals surface area contributed by atoms with Gasteiger partial charge in [-0.05, 0) is 49.2 Å². The summed E-state index contributed by atoms with van der Waals surface area (Å²) in [5.41, 5.74) is 7.70. The van der Waals surface area contributed by atoms with Crippen molar-refractivity contribution >= 4 is 21.8 Å². The third-order valence-electron chi connectivity index (χ3n) is 5.56. The summed E-state index contributed by atoms with van der Waals surface area (Å²) in [6, 6.07) is 25.7. The Morgan fingerprint density at radius 1 is 0.767 bits per heavy atom. The molecule has 0 fully saturated rings. The second-order valence-electron chi connectivity index (χ2n) is 8.35. The lowest BCUT2D eigenvalue weighted by Gasteiger charge is -2.11. The molecule has 3 nitrogen and oxygen atoms in total. The second-order valence-corrected chi connectivity index (χ2v) is 8.35. The van der Waals surface area contributed by atoms with Gasteiger partial charge in [-0.25, -0.2) is 0 Å². The molecule has 0 saturated heterocycles. The lowest BCUT2D eigenvalue weighted by molar-refractivity contribution is 0.545. The van der Waals surface area contributed by atoms with Crippen molar-refractivity contribution < 1.29 is 0 Å². The average molecular weight is 392 g/mol. The number of benzene rings is 2. The van der Waals surface area contributed by atoms with Crippen LogP contribution in [-0.2, 0) is 6.54 Å². The smallest absolute Gasteiger partial charge is 0.0720 e. The molecule has 3 heterocycles. The number of fused-ring (bicyclic) bond motifs is 3. The van der Waals surface area contributed by atoms with Gasteiger partial charge in [-0.15, -0.1) is 0 Å². The fourth-order valence-corrected chi connectivity index (χ4v) is 4.19. The van der Waals surface area contributed by atoms with E-state index in [4.69, 9.17) is 4.98 Å². The lowest BCUT2D eigenvalue weighted by Crippen LogP contribution is -2.03. The van der Waals surface area contributed by atoms with Gasteiger partial charge in [0.15, 0.2) is 0 Å². The summed E-state index contributed by atoms with van der Waals surface area (Å²) in [7, 11) is 0. The van der Waals surface area contributed by atoms with Crippen LogP contribution in [0.1, 0.15) is 19.5 Å². The highest BCUT2D eigenvalue weighted by atomic mass is 15.0. The molecule has 0 radical (unpaired) electrons. The molecule has 0 amide bonds. The van der Waals surface area contributed by atoms with E-state index in [1.54, 1.807) is 0 Å². The maximum Gasteiger partial charge on any atom is 0.0720 e. The highest BCUT2D eigenvalue weighted by Gasteiger charge is 2.13. The summed E-state index contributed by atoms with van der Waals surface area (Å²) in [6.45, 7) is 7.55. The van der Waals surface area contributed by atoms with Crippen molar-refractivity contribution in [2.24, 2.45) is 5.92 Å². The van der Waals surface area contributed by atoms with Crippen molar-refractivity contribution in [1.82, 2.24) is 14.5 Å². The van der Waals surface area contributed by atoms with Gasteiger partial charge in [0.1, 0.15) is 0 Å². The third kappa shape index (κ3) is 3.26. The van der Waals surface area contributed by atoms with Crippen LogP contribution in [0.25, 0.3) is 44.3 Å². The first kappa shape index (κ1) is 18.6. The Bertz CT molecular complexity index is 1340. The molecule has 0 atom stereocenters. The van der Waals surface area contributed by atoms with Crippen LogP contribution in [0.4, 0.5) is 0 Å². The fraction of sp³-hybridized carbons (Fsp3) is 0.185. The minimum Gasteiger partial charge on any atom is -0.340 e. The first-order valence-corrected chi connectivity index (χ1v) is 10.5. The van der Waals surface area contributed by atoms with Crippen LogP contribution in [0.5, 0.6) is 0 Å². The number of aromatic nitrogens is 3. The molecular weight excluding hydrogens is 366 g/mol. The van der Waals surface area contributed by atoms with E-state index < -0.39 is 0 Å². The Hall–Kier alpha value is -3.46. The Morgan fingerprint density at radius 3 is 2.33 bits per heavy atom. The van der Waals surface area contributed by atoms with Crippen molar-refractivity contribution in [3.63, 3.8) is 0 Å². The van der Waals surface area contributed by atoms with E-state index in [2.05, 4.69) is 78.0 Å². The summed E-state index contributed by atoms with van der Waals surface area (Å²) < 4.78 is 2.45. The van der Waals surface area contributed by atoms with Gasteiger partial charge in [-0.1, -0.05) is 50.2 Å². The highest BCUT2D eigenvalue weighted by Crippen LogP contribution is 2.33. The van der Waals surface area contributed by atoms with Crippen LogP contribution in [0.2, 0.25) is 0 Å². The summed E-state index contributed by atoms with van der Waals surface area (Å²) in [5, 5.41) is 2.61. The molecule has 0 aliphatic carbocycles. The normalized spacial score (nSPS) is 11.6.